The summed E-state index contributed by atoms with van der Waals surface area (Å²) in [7, 11) is -2.35. The number of ether oxygens (including phenoxy) is 1. The summed E-state index contributed by atoms with van der Waals surface area (Å²) in [6.07, 6.45) is 4.71. The van der Waals surface area contributed by atoms with Crippen LogP contribution in [0.2, 0.25) is 0 Å². The number of hydrogen-bond donors (Lipinski definition) is 1. The lowest BCUT2D eigenvalue weighted by atomic mass is 9.98. The van der Waals surface area contributed by atoms with Gasteiger partial charge in [0, 0.05) is 18.8 Å². The summed E-state index contributed by atoms with van der Waals surface area (Å²) in [5.74, 6) is 0.191. The first kappa shape index (κ1) is 26.6. The van der Waals surface area contributed by atoms with Crippen molar-refractivity contribution >= 4 is 33.8 Å². The van der Waals surface area contributed by atoms with Crippen LogP contribution >= 0.6 is 0 Å². The van der Waals surface area contributed by atoms with Gasteiger partial charge in [-0.3, -0.25) is 4.79 Å². The van der Waals surface area contributed by atoms with Gasteiger partial charge in [-0.2, -0.15) is 4.31 Å². The van der Waals surface area contributed by atoms with Crippen molar-refractivity contribution in [2.24, 2.45) is 5.92 Å². The highest BCUT2D eigenvalue weighted by molar-refractivity contribution is 7.89. The van der Waals surface area contributed by atoms with Crippen LogP contribution in [0.15, 0.2) is 45.8 Å². The van der Waals surface area contributed by atoms with Crippen LogP contribution in [-0.4, -0.2) is 44.0 Å². The second kappa shape index (κ2) is 10.9. The van der Waals surface area contributed by atoms with E-state index in [9.17, 15) is 13.2 Å². The van der Waals surface area contributed by atoms with Crippen LogP contribution in [0.25, 0.3) is 12.2 Å². The van der Waals surface area contributed by atoms with Gasteiger partial charge < -0.3 is 14.6 Å². The number of rotatable bonds is 7. The Hall–Kier alpha value is -3.43. The fraction of sp³-hybridized carbons (Fsp3) is 0.357. The van der Waals surface area contributed by atoms with Crippen LogP contribution in [0.4, 0.5) is 5.69 Å². The van der Waals surface area contributed by atoms with Crippen LogP contribution < -0.4 is 10.1 Å². The predicted molar refractivity (Wildman–Crippen MR) is 144 cm³/mol. The average molecular weight is 524 g/mol. The predicted octanol–water partition coefficient (Wildman–Crippen LogP) is 5.13. The lowest BCUT2D eigenvalue weighted by Crippen LogP contribution is -2.43. The molecule has 1 aliphatic rings. The van der Waals surface area contributed by atoms with Crippen LogP contribution in [-0.2, 0) is 14.8 Å². The number of sulfonamides is 1. The fourth-order valence-electron chi connectivity index (χ4n) is 4.83. The zero-order valence-corrected chi connectivity index (χ0v) is 22.7. The number of carbonyl (C=O) groups is 1. The van der Waals surface area contributed by atoms with Crippen LogP contribution in [0.1, 0.15) is 46.5 Å². The van der Waals surface area contributed by atoms with Crippen molar-refractivity contribution in [3.8, 4) is 5.75 Å². The number of hydrogen-bond acceptors (Lipinski definition) is 6. The minimum absolute atomic E-state index is 0.0439. The standard InChI is InChI=1S/C28H33N3O5S/c1-18-15-19(2)25(20(3)16-18)12-13-26-27(21(4)30-36-26)37(33,34)31-14-6-7-22(17-31)28(32)29-23-8-10-24(35-5)11-9-23/h8-13,15-16,22H,6-7,14,17H2,1-5H3,(H,29,32)/b13-12+/t22-/m1/s1. The van der Waals surface area contributed by atoms with E-state index >= 15 is 0 Å². The number of piperidine rings is 1. The normalized spacial score (nSPS) is 16.7. The van der Waals surface area contributed by atoms with Gasteiger partial charge in [-0.1, -0.05) is 28.9 Å². The first-order valence-electron chi connectivity index (χ1n) is 12.3. The van der Waals surface area contributed by atoms with E-state index in [0.29, 0.717) is 36.5 Å². The molecule has 8 nitrogen and oxygen atoms in total. The minimum Gasteiger partial charge on any atom is -0.497 e. The molecule has 0 aliphatic carbocycles. The third-order valence-electron chi connectivity index (χ3n) is 6.68. The van der Waals surface area contributed by atoms with Gasteiger partial charge in [0.15, 0.2) is 10.7 Å². The monoisotopic (exact) mass is 523 g/mol. The highest BCUT2D eigenvalue weighted by Crippen LogP contribution is 2.30. The van der Waals surface area contributed by atoms with E-state index in [1.807, 2.05) is 26.8 Å². The van der Waals surface area contributed by atoms with Crippen LogP contribution in [0, 0.1) is 33.6 Å². The van der Waals surface area contributed by atoms with Gasteiger partial charge in [0.2, 0.25) is 15.9 Å². The number of aromatic nitrogens is 1. The van der Waals surface area contributed by atoms with Crippen molar-refractivity contribution in [3.63, 3.8) is 0 Å². The zero-order chi connectivity index (χ0) is 26.7. The molecular weight excluding hydrogens is 490 g/mol. The highest BCUT2D eigenvalue weighted by atomic mass is 32.2. The maximum atomic E-state index is 13.7. The third-order valence-corrected chi connectivity index (χ3v) is 8.71. The highest BCUT2D eigenvalue weighted by Gasteiger charge is 2.37. The summed E-state index contributed by atoms with van der Waals surface area (Å²) in [6.45, 7) is 8.13. The summed E-state index contributed by atoms with van der Waals surface area (Å²) in [5, 5.41) is 6.84. The van der Waals surface area contributed by atoms with E-state index in [-0.39, 0.29) is 23.1 Å². The van der Waals surface area contributed by atoms with E-state index in [1.54, 1.807) is 44.4 Å². The molecule has 0 radical (unpaired) electrons. The molecule has 0 unspecified atom stereocenters. The quantitative estimate of drug-likeness (QED) is 0.461. The van der Waals surface area contributed by atoms with E-state index in [2.05, 4.69) is 22.6 Å². The topological polar surface area (TPSA) is 102 Å². The van der Waals surface area contributed by atoms with Gasteiger partial charge >= 0.3 is 0 Å². The summed E-state index contributed by atoms with van der Waals surface area (Å²) in [4.78, 5) is 13.0. The number of nitrogens with zero attached hydrogens (tertiary/aromatic N) is 2. The van der Waals surface area contributed by atoms with Crippen molar-refractivity contribution in [2.45, 2.75) is 45.4 Å². The van der Waals surface area contributed by atoms with Gasteiger partial charge in [-0.15, -0.1) is 0 Å². The number of carbonyl (C=O) groups excluding carboxylic acids is 1. The number of aryl methyl sites for hydroxylation is 4. The molecule has 1 saturated heterocycles. The Morgan fingerprint density at radius 3 is 2.43 bits per heavy atom. The van der Waals surface area contributed by atoms with Crippen molar-refractivity contribution in [3.05, 3.63) is 70.1 Å². The van der Waals surface area contributed by atoms with Gasteiger partial charge in [0.1, 0.15) is 11.4 Å². The molecule has 1 amide bonds. The zero-order valence-electron chi connectivity index (χ0n) is 21.9. The van der Waals surface area contributed by atoms with Gasteiger partial charge in [0.25, 0.3) is 0 Å². The lowest BCUT2D eigenvalue weighted by molar-refractivity contribution is -0.120. The molecule has 196 valence electrons. The molecule has 2 aromatic carbocycles. The first-order valence-corrected chi connectivity index (χ1v) is 13.7. The smallest absolute Gasteiger partial charge is 0.248 e. The molecule has 1 atom stereocenters. The second-order valence-electron chi connectivity index (χ2n) is 9.53. The molecule has 0 bridgehead atoms. The molecular formula is C28H33N3O5S. The van der Waals surface area contributed by atoms with Crippen LogP contribution in [0.3, 0.4) is 0 Å². The fourth-order valence-corrected chi connectivity index (χ4v) is 6.61. The molecule has 0 saturated carbocycles. The summed E-state index contributed by atoms with van der Waals surface area (Å²) in [6, 6.07) is 11.2. The van der Waals surface area contributed by atoms with Gasteiger partial charge in [-0.25, -0.2) is 8.42 Å². The lowest BCUT2D eigenvalue weighted by Gasteiger charge is -2.31. The molecule has 1 aliphatic heterocycles. The van der Waals surface area contributed by atoms with Gasteiger partial charge in [0.05, 0.1) is 13.0 Å². The molecule has 9 heteroatoms. The van der Waals surface area contributed by atoms with Crippen molar-refractivity contribution in [2.75, 3.05) is 25.5 Å². The summed E-state index contributed by atoms with van der Waals surface area (Å²) < 4.78 is 39.4. The van der Waals surface area contributed by atoms with E-state index < -0.39 is 15.9 Å². The number of methoxy groups -OCH3 is 1. The Morgan fingerprint density at radius 2 is 1.78 bits per heavy atom. The minimum atomic E-state index is -3.93. The SMILES string of the molecule is COc1ccc(NC(=O)[C@@H]2CCCN(S(=O)(=O)c3c(C)noc3/C=C/c3c(C)cc(C)cc3C)C2)cc1. The molecule has 1 N–H and O–H groups in total. The Balaban J connectivity index is 1.54. The number of benzene rings is 2. The largest absolute Gasteiger partial charge is 0.497 e. The maximum Gasteiger partial charge on any atom is 0.248 e. The van der Waals surface area contributed by atoms with Crippen molar-refractivity contribution in [1.82, 2.24) is 9.46 Å². The average Bonchev–Trinajstić information content (AvgIpc) is 3.25. The van der Waals surface area contributed by atoms with E-state index in [1.165, 1.54) is 9.87 Å². The summed E-state index contributed by atoms with van der Waals surface area (Å²) in [5.41, 5.74) is 5.29. The first-order chi connectivity index (χ1) is 17.6. The molecule has 1 aromatic heterocycles. The second-order valence-corrected chi connectivity index (χ2v) is 11.4. The Kier molecular flexibility index (Phi) is 7.85. The number of amides is 1. The van der Waals surface area contributed by atoms with Crippen molar-refractivity contribution in [1.29, 1.82) is 0 Å². The Morgan fingerprint density at radius 1 is 1.11 bits per heavy atom. The number of nitrogens with one attached hydrogen (secondary N) is 1. The van der Waals surface area contributed by atoms with Crippen molar-refractivity contribution < 1.29 is 22.5 Å². The molecule has 1 fully saturated rings. The molecule has 0 spiro atoms. The van der Waals surface area contributed by atoms with E-state index in [0.717, 1.165) is 16.7 Å². The molecule has 3 aromatic rings. The van der Waals surface area contributed by atoms with Crippen LogP contribution in [0.5, 0.6) is 5.75 Å². The molecule has 4 rings (SSSR count). The Bertz CT molecular complexity index is 1400. The number of anilines is 1. The van der Waals surface area contributed by atoms with Gasteiger partial charge in [-0.05, 0) is 87.6 Å². The third kappa shape index (κ3) is 5.78. The Labute approximate surface area is 218 Å². The molecule has 2 heterocycles. The summed E-state index contributed by atoms with van der Waals surface area (Å²) >= 11 is 0. The van der Waals surface area contributed by atoms with E-state index in [4.69, 9.17) is 9.26 Å². The molecule has 37 heavy (non-hydrogen) atoms. The maximum absolute atomic E-state index is 13.7.